The molecular weight excluding hydrogens is 446 g/mol. The number of likely N-dealkylation sites (tertiary alicyclic amines) is 1. The molecule has 0 bridgehead atoms. The molecule has 0 spiro atoms. The molecular formula is C23H25N3O6S. The first-order valence-corrected chi connectivity index (χ1v) is 11.6. The van der Waals surface area contributed by atoms with E-state index in [9.17, 15) is 19.2 Å². The molecule has 9 nitrogen and oxygen atoms in total. The average Bonchev–Trinajstić information content (AvgIpc) is 3.32. The zero-order valence-corrected chi connectivity index (χ0v) is 19.5. The summed E-state index contributed by atoms with van der Waals surface area (Å²) in [6, 6.07) is 6.32. The Bertz CT molecular complexity index is 1060. The standard InChI is InChI=1S/C23H25N3O6S/c1-23(2,3)31-22(30)25-10-8-14(9-11-25)12-18-24-13-17(33-18)21(29)32-26-19(27)15-6-4-5-7-16(15)20(26)28/h4-7,13-14H,8-12H2,1-3H3. The van der Waals surface area contributed by atoms with Gasteiger partial charge in [0.2, 0.25) is 0 Å². The lowest BCUT2D eigenvalue weighted by Gasteiger charge is -2.33. The third-order valence-electron chi connectivity index (χ3n) is 5.42. The minimum absolute atomic E-state index is 0.206. The number of piperidine rings is 1. The van der Waals surface area contributed by atoms with E-state index < -0.39 is 23.4 Å². The lowest BCUT2D eigenvalue weighted by Crippen LogP contribution is -2.42. The van der Waals surface area contributed by atoms with Gasteiger partial charge in [-0.15, -0.1) is 11.3 Å². The molecule has 0 N–H and O–H groups in total. The summed E-state index contributed by atoms with van der Waals surface area (Å²) in [5, 5.41) is 1.26. The van der Waals surface area contributed by atoms with Crippen molar-refractivity contribution in [2.75, 3.05) is 13.1 Å². The van der Waals surface area contributed by atoms with E-state index in [1.54, 1.807) is 17.0 Å². The Morgan fingerprint density at radius 2 is 1.70 bits per heavy atom. The smallest absolute Gasteiger partial charge is 0.410 e. The van der Waals surface area contributed by atoms with E-state index in [2.05, 4.69) is 4.98 Å². The molecule has 3 amide bonds. The molecule has 0 saturated carbocycles. The SMILES string of the molecule is CC(C)(C)OC(=O)N1CCC(Cc2ncc(C(=O)ON3C(=O)c4ccccc4C3=O)s2)CC1. The molecule has 2 aliphatic heterocycles. The van der Waals surface area contributed by atoms with Crippen LogP contribution in [-0.2, 0) is 16.0 Å². The molecule has 10 heteroatoms. The van der Waals surface area contributed by atoms with Crippen molar-refractivity contribution in [1.29, 1.82) is 0 Å². The molecule has 2 aliphatic rings. The number of amides is 3. The Kier molecular flexibility index (Phi) is 6.20. The highest BCUT2D eigenvalue weighted by Gasteiger charge is 2.39. The van der Waals surface area contributed by atoms with Crippen molar-refractivity contribution >= 4 is 35.2 Å². The van der Waals surface area contributed by atoms with Crippen LogP contribution in [0.1, 0.15) is 69.0 Å². The van der Waals surface area contributed by atoms with E-state index >= 15 is 0 Å². The van der Waals surface area contributed by atoms with Gasteiger partial charge in [-0.05, 0) is 51.7 Å². The molecule has 2 aromatic rings. The van der Waals surface area contributed by atoms with E-state index in [4.69, 9.17) is 9.57 Å². The quantitative estimate of drug-likeness (QED) is 0.626. The van der Waals surface area contributed by atoms with Gasteiger partial charge in [0.1, 0.15) is 10.5 Å². The zero-order valence-electron chi connectivity index (χ0n) is 18.7. The maximum absolute atomic E-state index is 12.5. The van der Waals surface area contributed by atoms with Crippen molar-refractivity contribution in [3.8, 4) is 0 Å². The van der Waals surface area contributed by atoms with E-state index in [1.165, 1.54) is 29.7 Å². The fourth-order valence-corrected chi connectivity index (χ4v) is 4.67. The largest absolute Gasteiger partial charge is 0.444 e. The van der Waals surface area contributed by atoms with Crippen LogP contribution in [0.5, 0.6) is 0 Å². The lowest BCUT2D eigenvalue weighted by molar-refractivity contribution is -0.0581. The van der Waals surface area contributed by atoms with Crippen molar-refractivity contribution in [3.05, 3.63) is 51.5 Å². The maximum atomic E-state index is 12.5. The van der Waals surface area contributed by atoms with Gasteiger partial charge in [0, 0.05) is 19.5 Å². The number of thiazole rings is 1. The molecule has 1 aromatic heterocycles. The number of hydroxylamine groups is 2. The number of benzene rings is 1. The highest BCUT2D eigenvalue weighted by molar-refractivity contribution is 7.13. The molecule has 3 heterocycles. The second-order valence-corrected chi connectivity index (χ2v) is 10.2. The summed E-state index contributed by atoms with van der Waals surface area (Å²) in [7, 11) is 0. The molecule has 174 valence electrons. The maximum Gasteiger partial charge on any atom is 0.410 e. The first-order valence-electron chi connectivity index (χ1n) is 10.7. The average molecular weight is 472 g/mol. The summed E-state index contributed by atoms with van der Waals surface area (Å²) in [4.78, 5) is 60.8. The van der Waals surface area contributed by atoms with E-state index in [1.807, 2.05) is 20.8 Å². The molecule has 4 rings (SSSR count). The van der Waals surface area contributed by atoms with Crippen LogP contribution in [0.3, 0.4) is 0 Å². The van der Waals surface area contributed by atoms with Gasteiger partial charge in [-0.3, -0.25) is 9.59 Å². The second kappa shape index (κ2) is 8.93. The lowest BCUT2D eigenvalue weighted by atomic mass is 9.94. The molecule has 0 atom stereocenters. The van der Waals surface area contributed by atoms with Crippen molar-refractivity contribution in [2.24, 2.45) is 5.92 Å². The highest BCUT2D eigenvalue weighted by Crippen LogP contribution is 2.27. The number of hydrogen-bond donors (Lipinski definition) is 0. The third kappa shape index (κ3) is 5.05. The van der Waals surface area contributed by atoms with E-state index in [0.717, 1.165) is 17.8 Å². The molecule has 0 unspecified atom stereocenters. The topological polar surface area (TPSA) is 106 Å². The first kappa shape index (κ1) is 22.9. The van der Waals surface area contributed by atoms with Gasteiger partial charge in [-0.1, -0.05) is 17.2 Å². The molecule has 0 radical (unpaired) electrons. The van der Waals surface area contributed by atoms with Crippen LogP contribution in [-0.4, -0.2) is 57.5 Å². The number of hydrogen-bond acceptors (Lipinski definition) is 8. The molecule has 1 saturated heterocycles. The first-order chi connectivity index (χ1) is 15.6. The summed E-state index contributed by atoms with van der Waals surface area (Å²) < 4.78 is 5.42. The number of ether oxygens (including phenoxy) is 1. The Morgan fingerprint density at radius 1 is 1.09 bits per heavy atom. The molecule has 1 fully saturated rings. The van der Waals surface area contributed by atoms with Crippen LogP contribution in [0, 0.1) is 5.92 Å². The number of fused-ring (bicyclic) bond motifs is 1. The summed E-state index contributed by atoms with van der Waals surface area (Å²) in [5.74, 6) is -1.79. The van der Waals surface area contributed by atoms with Crippen LogP contribution in [0.2, 0.25) is 0 Å². The number of rotatable bonds is 4. The fourth-order valence-electron chi connectivity index (χ4n) is 3.77. The Balaban J connectivity index is 1.30. The van der Waals surface area contributed by atoms with Gasteiger partial charge in [0.05, 0.1) is 22.3 Å². The molecule has 1 aromatic carbocycles. The third-order valence-corrected chi connectivity index (χ3v) is 6.41. The second-order valence-electron chi connectivity index (χ2n) is 9.06. The van der Waals surface area contributed by atoms with Crippen molar-refractivity contribution in [1.82, 2.24) is 14.9 Å². The van der Waals surface area contributed by atoms with Crippen LogP contribution in [0.15, 0.2) is 30.5 Å². The normalized spacial score (nSPS) is 16.7. The Hall–Kier alpha value is -3.27. The minimum atomic E-state index is -0.798. The summed E-state index contributed by atoms with van der Waals surface area (Å²) >= 11 is 1.18. The van der Waals surface area contributed by atoms with Gasteiger partial charge in [0.15, 0.2) is 0 Å². The van der Waals surface area contributed by atoms with E-state index in [-0.39, 0.29) is 22.1 Å². The number of imide groups is 1. The fraction of sp³-hybridized carbons (Fsp3) is 0.435. The van der Waals surface area contributed by atoms with Gasteiger partial charge in [0.25, 0.3) is 11.8 Å². The summed E-state index contributed by atoms with van der Waals surface area (Å²) in [6.07, 6.45) is 3.40. The highest BCUT2D eigenvalue weighted by atomic mass is 32.1. The Labute approximate surface area is 195 Å². The van der Waals surface area contributed by atoms with E-state index in [0.29, 0.717) is 30.5 Å². The zero-order chi connectivity index (χ0) is 23.8. The summed E-state index contributed by atoms with van der Waals surface area (Å²) in [5.41, 5.74) is -0.108. The van der Waals surface area contributed by atoms with Crippen LogP contribution >= 0.6 is 11.3 Å². The van der Waals surface area contributed by atoms with Crippen molar-refractivity contribution in [2.45, 2.75) is 45.6 Å². The van der Waals surface area contributed by atoms with Gasteiger partial charge in [-0.25, -0.2) is 14.6 Å². The van der Waals surface area contributed by atoms with Crippen LogP contribution in [0.4, 0.5) is 4.79 Å². The molecule has 0 aliphatic carbocycles. The van der Waals surface area contributed by atoms with Crippen molar-refractivity contribution < 1.29 is 28.8 Å². The predicted molar refractivity (Wildman–Crippen MR) is 119 cm³/mol. The van der Waals surface area contributed by atoms with Crippen LogP contribution in [0.25, 0.3) is 0 Å². The van der Waals surface area contributed by atoms with Crippen LogP contribution < -0.4 is 0 Å². The monoisotopic (exact) mass is 471 g/mol. The Morgan fingerprint density at radius 3 is 2.27 bits per heavy atom. The van der Waals surface area contributed by atoms with Gasteiger partial charge >= 0.3 is 12.1 Å². The predicted octanol–water partition coefficient (Wildman–Crippen LogP) is 3.70. The van der Waals surface area contributed by atoms with Crippen molar-refractivity contribution in [3.63, 3.8) is 0 Å². The summed E-state index contributed by atoms with van der Waals surface area (Å²) in [6.45, 7) is 6.75. The van der Waals surface area contributed by atoms with Gasteiger partial charge < -0.3 is 14.5 Å². The minimum Gasteiger partial charge on any atom is -0.444 e. The number of carbonyl (C=O) groups is 4. The number of aromatic nitrogens is 1. The van der Waals surface area contributed by atoms with Gasteiger partial charge in [-0.2, -0.15) is 0 Å². The number of nitrogens with zero attached hydrogens (tertiary/aromatic N) is 3. The number of carbonyl (C=O) groups excluding carboxylic acids is 4. The molecule has 33 heavy (non-hydrogen) atoms.